The highest BCUT2D eigenvalue weighted by atomic mass is 79.9. The summed E-state index contributed by atoms with van der Waals surface area (Å²) in [6.45, 7) is 7.18. The number of amides is 2. The van der Waals surface area contributed by atoms with Crippen LogP contribution in [0.2, 0.25) is 0 Å². The van der Waals surface area contributed by atoms with Gasteiger partial charge in [-0.2, -0.15) is 0 Å². The molecule has 1 saturated heterocycles. The second-order valence-electron chi connectivity index (χ2n) is 12.6. The third-order valence-corrected chi connectivity index (χ3v) is 10.1. The zero-order chi connectivity index (χ0) is 32.4. The van der Waals surface area contributed by atoms with Gasteiger partial charge in [-0.1, -0.05) is 6.92 Å². The number of alkyl halides is 1. The quantitative estimate of drug-likeness (QED) is 0.274. The molecule has 2 aromatic heterocycles. The highest BCUT2D eigenvalue weighted by Crippen LogP contribution is 2.53. The molecule has 1 unspecified atom stereocenters. The Bertz CT molecular complexity index is 1600. The average Bonchev–Trinajstić information content (AvgIpc) is 3.74. The average molecular weight is 702 g/mol. The Hall–Kier alpha value is -3.42. The Morgan fingerprint density at radius 2 is 1.80 bits per heavy atom. The highest BCUT2D eigenvalue weighted by molar-refractivity contribution is 9.10. The SMILES string of the molecule is C[C@@H]1CC1(C(=O)Nc1ccc(Oc2ccnc3c(Br)c(OCCN4CCN(C)CC4)ncc23)c(F)c1)C(=O)NC1CCC(F)CC1. The Balaban J connectivity index is 1.09. The highest BCUT2D eigenvalue weighted by Gasteiger charge is 2.63. The molecule has 3 aromatic rings. The van der Waals surface area contributed by atoms with Crippen molar-refractivity contribution >= 4 is 44.3 Å². The second kappa shape index (κ2) is 13.7. The standard InChI is InChI=1S/C33H39BrF2N6O4/c1-20-18-33(20,31(43)39-22-5-3-21(35)4-6-22)32(44)40-23-7-8-27(25(36)17-23)46-26-9-10-37-29-24(26)19-38-30(28(29)34)45-16-15-42-13-11-41(2)12-14-42/h7-10,17,19-22H,3-6,11-16,18H2,1-2H3,(H,39,43)(H,40,44)/t20-,21?,22?,33?/m1/s1. The van der Waals surface area contributed by atoms with Gasteiger partial charge < -0.3 is 25.0 Å². The number of benzene rings is 1. The molecule has 1 aliphatic heterocycles. The van der Waals surface area contributed by atoms with Crippen LogP contribution in [0.4, 0.5) is 14.5 Å². The van der Waals surface area contributed by atoms with Crippen molar-refractivity contribution in [3.05, 3.63) is 46.9 Å². The van der Waals surface area contributed by atoms with E-state index < -0.39 is 23.3 Å². The van der Waals surface area contributed by atoms with Crippen molar-refractivity contribution in [1.82, 2.24) is 25.1 Å². The zero-order valence-corrected chi connectivity index (χ0v) is 27.6. The van der Waals surface area contributed by atoms with E-state index in [-0.39, 0.29) is 29.3 Å². The number of anilines is 1. The number of fused-ring (bicyclic) bond motifs is 1. The number of carbonyl (C=O) groups is 2. The predicted octanol–water partition coefficient (Wildman–Crippen LogP) is 5.31. The van der Waals surface area contributed by atoms with E-state index in [1.165, 1.54) is 12.1 Å². The fraction of sp³-hybridized carbons (Fsp3) is 0.515. The third kappa shape index (κ3) is 6.96. The molecule has 46 heavy (non-hydrogen) atoms. The minimum atomic E-state index is -1.22. The molecule has 2 N–H and O–H groups in total. The van der Waals surface area contributed by atoms with Crippen LogP contribution in [0.3, 0.4) is 0 Å². The number of ether oxygens (including phenoxy) is 2. The van der Waals surface area contributed by atoms with Gasteiger partial charge in [-0.25, -0.2) is 13.8 Å². The molecule has 0 radical (unpaired) electrons. The van der Waals surface area contributed by atoms with Crippen molar-refractivity contribution in [2.45, 2.75) is 51.2 Å². The third-order valence-electron chi connectivity index (χ3n) is 9.42. The van der Waals surface area contributed by atoms with Crippen LogP contribution in [0.5, 0.6) is 17.4 Å². The molecule has 13 heteroatoms. The molecule has 3 heterocycles. The summed E-state index contributed by atoms with van der Waals surface area (Å²) in [5.74, 6) is -0.971. The molecule has 0 bridgehead atoms. The molecule has 0 spiro atoms. The van der Waals surface area contributed by atoms with E-state index >= 15 is 4.39 Å². The lowest BCUT2D eigenvalue weighted by molar-refractivity contribution is -0.135. The number of nitrogens with one attached hydrogen (secondary N) is 2. The van der Waals surface area contributed by atoms with E-state index in [1.54, 1.807) is 18.5 Å². The van der Waals surface area contributed by atoms with Crippen LogP contribution in [0, 0.1) is 17.2 Å². The summed E-state index contributed by atoms with van der Waals surface area (Å²) >= 11 is 3.56. The second-order valence-corrected chi connectivity index (χ2v) is 13.4. The monoisotopic (exact) mass is 700 g/mol. The number of likely N-dealkylation sites (N-methyl/N-ethyl adjacent to an activating group) is 1. The number of nitrogens with zero attached hydrogens (tertiary/aromatic N) is 4. The van der Waals surface area contributed by atoms with Gasteiger partial charge in [0.15, 0.2) is 11.6 Å². The Labute approximate surface area is 275 Å². The predicted molar refractivity (Wildman–Crippen MR) is 173 cm³/mol. The Kier molecular flexibility index (Phi) is 9.72. The number of halogens is 3. The maximum atomic E-state index is 15.3. The van der Waals surface area contributed by atoms with Crippen molar-refractivity contribution in [3.8, 4) is 17.4 Å². The van der Waals surface area contributed by atoms with Crippen LogP contribution in [0.25, 0.3) is 10.9 Å². The first-order valence-corrected chi connectivity index (χ1v) is 16.6. The molecule has 2 aliphatic carbocycles. The molecule has 2 atom stereocenters. The fourth-order valence-corrected chi connectivity index (χ4v) is 6.80. The first kappa shape index (κ1) is 32.5. The van der Waals surface area contributed by atoms with Gasteiger partial charge >= 0.3 is 0 Å². The van der Waals surface area contributed by atoms with Crippen molar-refractivity contribution in [3.63, 3.8) is 0 Å². The molecular formula is C33H39BrF2N6O4. The van der Waals surface area contributed by atoms with Crippen molar-refractivity contribution in [2.24, 2.45) is 11.3 Å². The van der Waals surface area contributed by atoms with E-state index in [0.717, 1.165) is 38.8 Å². The van der Waals surface area contributed by atoms with Crippen molar-refractivity contribution < 1.29 is 27.8 Å². The van der Waals surface area contributed by atoms with Gasteiger partial charge in [0.1, 0.15) is 28.4 Å². The smallest absolute Gasteiger partial charge is 0.240 e. The summed E-state index contributed by atoms with van der Waals surface area (Å²) in [6.07, 6.45) is 4.63. The topological polar surface area (TPSA) is 109 Å². The van der Waals surface area contributed by atoms with E-state index in [0.29, 0.717) is 65.7 Å². The summed E-state index contributed by atoms with van der Waals surface area (Å²) < 4.78 is 41.3. The van der Waals surface area contributed by atoms with E-state index in [9.17, 15) is 14.0 Å². The lowest BCUT2D eigenvalue weighted by Gasteiger charge is -2.32. The lowest BCUT2D eigenvalue weighted by Crippen LogP contribution is -2.46. The molecule has 1 aromatic carbocycles. The minimum absolute atomic E-state index is 0.0511. The lowest BCUT2D eigenvalue weighted by atomic mass is 9.92. The van der Waals surface area contributed by atoms with Gasteiger partial charge in [0.05, 0.1) is 10.9 Å². The Morgan fingerprint density at radius 3 is 2.50 bits per heavy atom. The van der Waals surface area contributed by atoms with E-state index in [4.69, 9.17) is 9.47 Å². The summed E-state index contributed by atoms with van der Waals surface area (Å²) in [5, 5.41) is 6.23. The number of hydrogen-bond donors (Lipinski definition) is 2. The van der Waals surface area contributed by atoms with Crippen LogP contribution >= 0.6 is 15.9 Å². The molecule has 2 amide bonds. The summed E-state index contributed by atoms with van der Waals surface area (Å²) in [6, 6.07) is 5.60. The number of rotatable bonds is 10. The van der Waals surface area contributed by atoms with Gasteiger partial charge in [-0.15, -0.1) is 0 Å². The van der Waals surface area contributed by atoms with Crippen LogP contribution < -0.4 is 20.1 Å². The van der Waals surface area contributed by atoms with Gasteiger partial charge in [-0.05, 0) is 79.2 Å². The van der Waals surface area contributed by atoms with Gasteiger partial charge in [0.25, 0.3) is 0 Å². The summed E-state index contributed by atoms with van der Waals surface area (Å²) in [5.41, 5.74) is -0.450. The molecule has 6 rings (SSSR count). The maximum Gasteiger partial charge on any atom is 0.240 e. The fourth-order valence-electron chi connectivity index (χ4n) is 6.26. The number of piperazine rings is 1. The van der Waals surface area contributed by atoms with E-state index in [2.05, 4.69) is 53.4 Å². The number of carbonyl (C=O) groups excluding carboxylic acids is 2. The van der Waals surface area contributed by atoms with E-state index in [1.807, 2.05) is 6.92 Å². The van der Waals surface area contributed by atoms with Crippen LogP contribution in [0.1, 0.15) is 39.0 Å². The van der Waals surface area contributed by atoms with Crippen LogP contribution in [-0.4, -0.2) is 90.2 Å². The number of pyridine rings is 2. The van der Waals surface area contributed by atoms with Crippen molar-refractivity contribution in [2.75, 3.05) is 51.7 Å². The maximum absolute atomic E-state index is 15.3. The Morgan fingerprint density at radius 1 is 1.07 bits per heavy atom. The van der Waals surface area contributed by atoms with Gasteiger partial charge in [0.2, 0.25) is 17.7 Å². The first-order valence-electron chi connectivity index (χ1n) is 15.8. The van der Waals surface area contributed by atoms with Gasteiger partial charge in [0, 0.05) is 62.9 Å². The number of hydrogen-bond acceptors (Lipinski definition) is 8. The summed E-state index contributed by atoms with van der Waals surface area (Å²) in [7, 11) is 2.12. The molecule has 10 nitrogen and oxygen atoms in total. The normalized spacial score (nSPS) is 25.2. The first-order chi connectivity index (χ1) is 22.1. The molecule has 3 aliphatic rings. The molecular weight excluding hydrogens is 662 g/mol. The number of aromatic nitrogens is 2. The zero-order valence-electron chi connectivity index (χ0n) is 26.0. The largest absolute Gasteiger partial charge is 0.475 e. The van der Waals surface area contributed by atoms with Crippen molar-refractivity contribution in [1.29, 1.82) is 0 Å². The summed E-state index contributed by atoms with van der Waals surface area (Å²) in [4.78, 5) is 40.0. The van der Waals surface area contributed by atoms with Crippen LogP contribution in [0.15, 0.2) is 41.1 Å². The van der Waals surface area contributed by atoms with Crippen LogP contribution in [-0.2, 0) is 9.59 Å². The van der Waals surface area contributed by atoms with Gasteiger partial charge in [-0.3, -0.25) is 19.5 Å². The molecule has 2 saturated carbocycles. The molecule has 246 valence electrons. The molecule has 3 fully saturated rings. The minimum Gasteiger partial charge on any atom is -0.475 e.